The zero-order chi connectivity index (χ0) is 8.84. The van der Waals surface area contributed by atoms with Gasteiger partial charge in [0.1, 0.15) is 11.2 Å². The number of rotatable bonds is 0. The van der Waals surface area contributed by atoms with Gasteiger partial charge >= 0.3 is 0 Å². The van der Waals surface area contributed by atoms with Crippen molar-refractivity contribution in [1.82, 2.24) is 0 Å². The predicted octanol–water partition coefficient (Wildman–Crippen LogP) is 2.88. The summed E-state index contributed by atoms with van der Waals surface area (Å²) >= 11 is 0. The van der Waals surface area contributed by atoms with Crippen LogP contribution in [0.15, 0.2) is 39.4 Å². The monoisotopic (exact) mass is 174 g/mol. The number of benzene rings is 1. The Kier molecular flexibility index (Phi) is 1.05. The van der Waals surface area contributed by atoms with E-state index in [9.17, 15) is 0 Å². The Labute approximate surface area is 73.2 Å². The first-order chi connectivity index (χ1) is 6.34. The highest BCUT2D eigenvalue weighted by atomic mass is 16.5. The zero-order valence-corrected chi connectivity index (χ0v) is 6.65. The van der Waals surface area contributed by atoms with Gasteiger partial charge in [-0.15, -0.1) is 0 Å². The van der Waals surface area contributed by atoms with Crippen molar-refractivity contribution in [3.63, 3.8) is 0 Å². The van der Waals surface area contributed by atoms with E-state index in [1.165, 1.54) is 0 Å². The van der Waals surface area contributed by atoms with Crippen LogP contribution in [0.4, 0.5) is 0 Å². The molecule has 1 N–H and O–H groups in total. The molecule has 0 radical (unpaired) electrons. The molecular weight excluding hydrogens is 168 g/mol. The summed E-state index contributed by atoms with van der Waals surface area (Å²) in [6.07, 6.45) is 1.62. The summed E-state index contributed by atoms with van der Waals surface area (Å²) in [4.78, 5) is 0. The molecule has 0 unspecified atom stereocenters. The summed E-state index contributed by atoms with van der Waals surface area (Å²) in [5.74, 6) is -0.0660. The molecule has 0 bridgehead atoms. The average molecular weight is 174 g/mol. The molecule has 1 aromatic carbocycles. The number of fused-ring (bicyclic) bond motifs is 3. The summed E-state index contributed by atoms with van der Waals surface area (Å²) in [5.41, 5.74) is 1.47. The lowest BCUT2D eigenvalue weighted by atomic mass is 10.2. The van der Waals surface area contributed by atoms with Crippen LogP contribution in [0.3, 0.4) is 0 Å². The van der Waals surface area contributed by atoms with Crippen molar-refractivity contribution in [2.24, 2.45) is 0 Å². The minimum atomic E-state index is -0.0660. The molecule has 3 nitrogen and oxygen atoms in total. The standard InChI is InChI=1S/C10H6O3/c11-10-5-7-6-3-4-12-8(6)1-2-9(7)13-10/h1-5,11H. The molecule has 0 fully saturated rings. The molecule has 0 aliphatic rings. The van der Waals surface area contributed by atoms with Crippen LogP contribution in [0.2, 0.25) is 0 Å². The molecule has 0 aliphatic heterocycles. The lowest BCUT2D eigenvalue weighted by Crippen LogP contribution is -1.64. The van der Waals surface area contributed by atoms with E-state index >= 15 is 0 Å². The van der Waals surface area contributed by atoms with Gasteiger partial charge in [-0.2, -0.15) is 0 Å². The SMILES string of the molecule is Oc1cc2c(ccc3occc32)o1. The molecule has 2 heterocycles. The van der Waals surface area contributed by atoms with Crippen LogP contribution in [-0.2, 0) is 0 Å². The molecule has 0 saturated heterocycles. The molecule has 0 spiro atoms. The number of hydrogen-bond acceptors (Lipinski definition) is 3. The summed E-state index contributed by atoms with van der Waals surface area (Å²) in [6, 6.07) is 7.04. The van der Waals surface area contributed by atoms with E-state index < -0.39 is 0 Å². The van der Waals surface area contributed by atoms with Gasteiger partial charge in [0.25, 0.3) is 5.95 Å². The van der Waals surface area contributed by atoms with Gasteiger partial charge in [0.05, 0.1) is 6.26 Å². The van der Waals surface area contributed by atoms with Crippen LogP contribution >= 0.6 is 0 Å². The Bertz CT molecular complexity index is 574. The quantitative estimate of drug-likeness (QED) is 0.570. The second-order valence-electron chi connectivity index (χ2n) is 2.89. The van der Waals surface area contributed by atoms with Gasteiger partial charge in [0.2, 0.25) is 0 Å². The van der Waals surface area contributed by atoms with E-state index in [0.717, 1.165) is 16.4 Å². The molecule has 13 heavy (non-hydrogen) atoms. The second kappa shape index (κ2) is 2.07. The van der Waals surface area contributed by atoms with Crippen LogP contribution in [0.5, 0.6) is 5.95 Å². The van der Waals surface area contributed by atoms with E-state index in [1.54, 1.807) is 18.4 Å². The van der Waals surface area contributed by atoms with E-state index in [4.69, 9.17) is 13.9 Å². The number of hydrogen-bond donors (Lipinski definition) is 1. The van der Waals surface area contributed by atoms with Gasteiger partial charge in [-0.1, -0.05) is 0 Å². The molecule has 2 aromatic heterocycles. The first kappa shape index (κ1) is 6.60. The van der Waals surface area contributed by atoms with Crippen molar-refractivity contribution >= 4 is 21.9 Å². The Morgan fingerprint density at radius 3 is 2.77 bits per heavy atom. The molecule has 3 aromatic rings. The lowest BCUT2D eigenvalue weighted by Gasteiger charge is -1.88. The summed E-state index contributed by atoms with van der Waals surface area (Å²) in [6.45, 7) is 0. The first-order valence-electron chi connectivity index (χ1n) is 3.93. The van der Waals surface area contributed by atoms with Crippen molar-refractivity contribution < 1.29 is 13.9 Å². The van der Waals surface area contributed by atoms with Crippen molar-refractivity contribution in [3.8, 4) is 5.95 Å². The first-order valence-corrected chi connectivity index (χ1v) is 3.93. The average Bonchev–Trinajstić information content (AvgIpc) is 2.65. The fraction of sp³-hybridized carbons (Fsp3) is 0. The van der Waals surface area contributed by atoms with Crippen molar-refractivity contribution in [2.75, 3.05) is 0 Å². The van der Waals surface area contributed by atoms with Gasteiger partial charge in [0.15, 0.2) is 0 Å². The molecule has 64 valence electrons. The Morgan fingerprint density at radius 2 is 1.85 bits per heavy atom. The molecule has 3 rings (SSSR count). The maximum Gasteiger partial charge on any atom is 0.282 e. The smallest absolute Gasteiger partial charge is 0.282 e. The van der Waals surface area contributed by atoms with Gasteiger partial charge in [-0.3, -0.25) is 0 Å². The van der Waals surface area contributed by atoms with Crippen LogP contribution in [0, 0.1) is 0 Å². The van der Waals surface area contributed by atoms with E-state index in [1.807, 2.05) is 12.1 Å². The van der Waals surface area contributed by atoms with E-state index in [-0.39, 0.29) is 5.95 Å². The second-order valence-corrected chi connectivity index (χ2v) is 2.89. The maximum absolute atomic E-state index is 9.16. The topological polar surface area (TPSA) is 46.5 Å². The summed E-state index contributed by atoms with van der Waals surface area (Å²) in [7, 11) is 0. The van der Waals surface area contributed by atoms with Crippen LogP contribution in [-0.4, -0.2) is 5.11 Å². The normalized spacial score (nSPS) is 11.4. The van der Waals surface area contributed by atoms with Crippen LogP contribution in [0.1, 0.15) is 0 Å². The third-order valence-electron chi connectivity index (χ3n) is 2.12. The largest absolute Gasteiger partial charge is 0.481 e. The van der Waals surface area contributed by atoms with Crippen molar-refractivity contribution in [1.29, 1.82) is 0 Å². The Morgan fingerprint density at radius 1 is 1.00 bits per heavy atom. The third-order valence-corrected chi connectivity index (χ3v) is 2.12. The van der Waals surface area contributed by atoms with Gasteiger partial charge in [-0.05, 0) is 18.2 Å². The van der Waals surface area contributed by atoms with Gasteiger partial charge in [-0.25, -0.2) is 0 Å². The van der Waals surface area contributed by atoms with Crippen LogP contribution in [0.25, 0.3) is 21.9 Å². The maximum atomic E-state index is 9.16. The predicted molar refractivity (Wildman–Crippen MR) is 47.7 cm³/mol. The Hall–Kier alpha value is -1.90. The molecule has 3 heteroatoms. The summed E-state index contributed by atoms with van der Waals surface area (Å²) in [5, 5.41) is 11.0. The zero-order valence-electron chi connectivity index (χ0n) is 6.65. The lowest BCUT2D eigenvalue weighted by molar-refractivity contribution is 0.346. The minimum absolute atomic E-state index is 0.0660. The van der Waals surface area contributed by atoms with Crippen molar-refractivity contribution in [3.05, 3.63) is 30.5 Å². The molecule has 0 aliphatic carbocycles. The third kappa shape index (κ3) is 0.783. The Balaban J connectivity index is 2.64. The molecular formula is C10H6O3. The highest BCUT2D eigenvalue weighted by molar-refractivity contribution is 6.04. The van der Waals surface area contributed by atoms with Crippen LogP contribution < -0.4 is 0 Å². The summed E-state index contributed by atoms with van der Waals surface area (Å²) < 4.78 is 10.3. The van der Waals surface area contributed by atoms with Gasteiger partial charge in [0, 0.05) is 16.8 Å². The van der Waals surface area contributed by atoms with Gasteiger partial charge < -0.3 is 13.9 Å². The minimum Gasteiger partial charge on any atom is -0.481 e. The number of furan rings is 2. The fourth-order valence-corrected chi connectivity index (χ4v) is 1.55. The van der Waals surface area contributed by atoms with E-state index in [0.29, 0.717) is 5.58 Å². The molecule has 0 amide bonds. The van der Waals surface area contributed by atoms with E-state index in [2.05, 4.69) is 0 Å². The number of aromatic hydroxyl groups is 1. The molecule has 0 saturated carbocycles. The van der Waals surface area contributed by atoms with Crippen molar-refractivity contribution in [2.45, 2.75) is 0 Å². The highest BCUT2D eigenvalue weighted by Gasteiger charge is 2.07. The molecule has 0 atom stereocenters. The fourth-order valence-electron chi connectivity index (χ4n) is 1.55. The highest BCUT2D eigenvalue weighted by Crippen LogP contribution is 2.30.